The van der Waals surface area contributed by atoms with Gasteiger partial charge in [0.05, 0.1) is 22.7 Å². The summed E-state index contributed by atoms with van der Waals surface area (Å²) in [5.41, 5.74) is 1.73. The average Bonchev–Trinajstić information content (AvgIpc) is 3.05. The molecule has 2 aromatic heterocycles. The van der Waals surface area contributed by atoms with E-state index in [0.717, 1.165) is 30.5 Å². The fourth-order valence-corrected chi connectivity index (χ4v) is 2.97. The lowest BCUT2D eigenvalue weighted by molar-refractivity contribution is 0.0682. The molecule has 1 aliphatic rings. The molecule has 0 aromatic carbocycles. The van der Waals surface area contributed by atoms with Crippen LogP contribution in [0.1, 0.15) is 42.2 Å². The van der Waals surface area contributed by atoms with Gasteiger partial charge in [0.25, 0.3) is 11.6 Å². The lowest BCUT2D eigenvalue weighted by atomic mass is 10.1. The van der Waals surface area contributed by atoms with E-state index in [1.807, 2.05) is 11.8 Å². The zero-order valence-electron chi connectivity index (χ0n) is 12.2. The van der Waals surface area contributed by atoms with Crippen molar-refractivity contribution in [3.05, 3.63) is 23.5 Å². The number of aryl methyl sites for hydroxylation is 1. The quantitative estimate of drug-likeness (QED) is 0.933. The summed E-state index contributed by atoms with van der Waals surface area (Å²) in [6, 6.07) is 1.89. The Morgan fingerprint density at radius 2 is 2.43 bits per heavy atom. The molecule has 2 atom stereocenters. The minimum atomic E-state index is -0.399. The third-order valence-corrected chi connectivity index (χ3v) is 4.01. The maximum Gasteiger partial charge on any atom is 0.257 e. The number of hydrogen-bond acceptors (Lipinski definition) is 5. The van der Waals surface area contributed by atoms with Crippen molar-refractivity contribution >= 4 is 17.0 Å². The van der Waals surface area contributed by atoms with E-state index in [0.29, 0.717) is 17.7 Å². The van der Waals surface area contributed by atoms with Gasteiger partial charge in [-0.1, -0.05) is 5.16 Å². The molecular formula is C15H19N3O3. The van der Waals surface area contributed by atoms with Crippen LogP contribution < -0.4 is 0 Å². The van der Waals surface area contributed by atoms with Gasteiger partial charge < -0.3 is 14.5 Å². The van der Waals surface area contributed by atoms with E-state index in [1.54, 1.807) is 13.0 Å². The molecule has 1 amide bonds. The summed E-state index contributed by atoms with van der Waals surface area (Å²) in [7, 11) is 0. The predicted octanol–water partition coefficient (Wildman–Crippen LogP) is 1.91. The monoisotopic (exact) mass is 289 g/mol. The minimum Gasteiger partial charge on any atom is -0.393 e. The van der Waals surface area contributed by atoms with Gasteiger partial charge >= 0.3 is 0 Å². The van der Waals surface area contributed by atoms with E-state index in [2.05, 4.69) is 10.1 Å². The first-order valence-electron chi connectivity index (χ1n) is 7.27. The lowest BCUT2D eigenvalue weighted by Crippen LogP contribution is -2.37. The zero-order valence-corrected chi connectivity index (χ0v) is 12.2. The van der Waals surface area contributed by atoms with E-state index in [4.69, 9.17) is 4.52 Å². The molecule has 6 nitrogen and oxygen atoms in total. The van der Waals surface area contributed by atoms with Crippen molar-refractivity contribution in [3.63, 3.8) is 0 Å². The van der Waals surface area contributed by atoms with Crippen LogP contribution in [0.25, 0.3) is 11.1 Å². The van der Waals surface area contributed by atoms with E-state index in [-0.39, 0.29) is 11.9 Å². The first-order valence-corrected chi connectivity index (χ1v) is 7.27. The predicted molar refractivity (Wildman–Crippen MR) is 76.9 cm³/mol. The number of carbonyl (C=O) groups excluding carboxylic acids is 1. The molecule has 2 aromatic rings. The second-order valence-corrected chi connectivity index (χ2v) is 5.72. The van der Waals surface area contributed by atoms with Crippen LogP contribution in [0.5, 0.6) is 0 Å². The van der Waals surface area contributed by atoms with Gasteiger partial charge in [0.15, 0.2) is 0 Å². The number of pyridine rings is 1. The Hall–Kier alpha value is -1.95. The smallest absolute Gasteiger partial charge is 0.257 e. The molecule has 3 heterocycles. The summed E-state index contributed by atoms with van der Waals surface area (Å²) in [6.07, 6.45) is 3.68. The average molecular weight is 289 g/mol. The van der Waals surface area contributed by atoms with Gasteiger partial charge in [0.2, 0.25) is 0 Å². The molecule has 0 radical (unpaired) electrons. The summed E-state index contributed by atoms with van der Waals surface area (Å²) in [4.78, 5) is 18.7. The second kappa shape index (κ2) is 5.44. The van der Waals surface area contributed by atoms with Crippen LogP contribution in [-0.4, -0.2) is 44.7 Å². The molecule has 0 bridgehead atoms. The highest BCUT2D eigenvalue weighted by Crippen LogP contribution is 2.25. The molecule has 1 aliphatic heterocycles. The number of rotatable bonds is 3. The van der Waals surface area contributed by atoms with Gasteiger partial charge in [-0.05, 0) is 39.2 Å². The van der Waals surface area contributed by atoms with Crippen LogP contribution in [0.15, 0.2) is 16.8 Å². The second-order valence-electron chi connectivity index (χ2n) is 5.72. The first kappa shape index (κ1) is 14.0. The van der Waals surface area contributed by atoms with Crippen molar-refractivity contribution in [1.29, 1.82) is 0 Å². The number of nitrogens with zero attached hydrogens (tertiary/aromatic N) is 3. The minimum absolute atomic E-state index is 0.0341. The third-order valence-electron chi connectivity index (χ3n) is 4.01. The summed E-state index contributed by atoms with van der Waals surface area (Å²) < 4.78 is 5.06. The molecule has 1 fully saturated rings. The number of aromatic nitrogens is 2. The SMILES string of the molecule is Cc1noc2ncc(C(=O)N3CCCC3CC(C)O)cc12. The van der Waals surface area contributed by atoms with Crippen molar-refractivity contribution in [3.8, 4) is 0 Å². The van der Waals surface area contributed by atoms with Crippen LogP contribution in [0.3, 0.4) is 0 Å². The molecule has 21 heavy (non-hydrogen) atoms. The molecule has 6 heteroatoms. The Bertz CT molecular complexity index is 665. The molecule has 0 spiro atoms. The molecule has 112 valence electrons. The van der Waals surface area contributed by atoms with E-state index < -0.39 is 6.10 Å². The van der Waals surface area contributed by atoms with Gasteiger partial charge in [0.1, 0.15) is 0 Å². The van der Waals surface area contributed by atoms with E-state index >= 15 is 0 Å². The third kappa shape index (κ3) is 2.63. The van der Waals surface area contributed by atoms with Crippen molar-refractivity contribution in [2.75, 3.05) is 6.54 Å². The molecule has 0 aliphatic carbocycles. The number of fused-ring (bicyclic) bond motifs is 1. The highest BCUT2D eigenvalue weighted by atomic mass is 16.5. The van der Waals surface area contributed by atoms with Crippen LogP contribution >= 0.6 is 0 Å². The molecule has 2 unspecified atom stereocenters. The van der Waals surface area contributed by atoms with Crippen LogP contribution in [-0.2, 0) is 0 Å². The Labute approximate surface area is 122 Å². The number of aliphatic hydroxyl groups is 1. The Kier molecular flexibility index (Phi) is 3.63. The number of hydrogen-bond donors (Lipinski definition) is 1. The van der Waals surface area contributed by atoms with E-state index in [1.165, 1.54) is 6.20 Å². The topological polar surface area (TPSA) is 79.5 Å². The highest BCUT2D eigenvalue weighted by Gasteiger charge is 2.30. The maximum atomic E-state index is 12.7. The van der Waals surface area contributed by atoms with Gasteiger partial charge in [0, 0.05) is 18.8 Å². The standard InChI is InChI=1S/C15H19N3O3/c1-9(19)6-12-4-3-5-18(12)15(20)11-7-13-10(2)17-21-14(13)16-8-11/h7-9,12,19H,3-6H2,1-2H3. The van der Waals surface area contributed by atoms with Gasteiger partial charge in [-0.25, -0.2) is 4.98 Å². The van der Waals surface area contributed by atoms with Crippen molar-refractivity contribution in [1.82, 2.24) is 15.0 Å². The van der Waals surface area contributed by atoms with Crippen LogP contribution in [0.2, 0.25) is 0 Å². The number of aliphatic hydroxyl groups excluding tert-OH is 1. The molecule has 0 saturated carbocycles. The Balaban J connectivity index is 1.87. The number of amides is 1. The van der Waals surface area contributed by atoms with Crippen molar-refractivity contribution in [2.24, 2.45) is 0 Å². The summed E-state index contributed by atoms with van der Waals surface area (Å²) in [5, 5.41) is 14.2. The van der Waals surface area contributed by atoms with Gasteiger partial charge in [-0.15, -0.1) is 0 Å². The summed E-state index contributed by atoms with van der Waals surface area (Å²) >= 11 is 0. The van der Waals surface area contributed by atoms with Crippen LogP contribution in [0, 0.1) is 6.92 Å². The molecule has 1 N–H and O–H groups in total. The number of carbonyl (C=O) groups is 1. The Morgan fingerprint density at radius 1 is 1.62 bits per heavy atom. The van der Waals surface area contributed by atoms with Crippen LogP contribution in [0.4, 0.5) is 0 Å². The summed E-state index contributed by atoms with van der Waals surface area (Å²) in [5.74, 6) is -0.0341. The Morgan fingerprint density at radius 3 is 3.19 bits per heavy atom. The lowest BCUT2D eigenvalue weighted by Gasteiger charge is -2.25. The van der Waals surface area contributed by atoms with E-state index in [9.17, 15) is 9.90 Å². The fraction of sp³-hybridized carbons (Fsp3) is 0.533. The number of likely N-dealkylation sites (tertiary alicyclic amines) is 1. The maximum absolute atomic E-state index is 12.7. The molecule has 3 rings (SSSR count). The molecule has 1 saturated heterocycles. The molecular weight excluding hydrogens is 270 g/mol. The summed E-state index contributed by atoms with van der Waals surface area (Å²) in [6.45, 7) is 4.32. The van der Waals surface area contributed by atoms with Crippen molar-refractivity contribution in [2.45, 2.75) is 45.3 Å². The van der Waals surface area contributed by atoms with Gasteiger partial charge in [-0.2, -0.15) is 0 Å². The zero-order chi connectivity index (χ0) is 15.0. The first-order chi connectivity index (χ1) is 10.1. The largest absolute Gasteiger partial charge is 0.393 e. The highest BCUT2D eigenvalue weighted by molar-refractivity contribution is 5.97. The van der Waals surface area contributed by atoms with Crippen molar-refractivity contribution < 1.29 is 14.4 Å². The van der Waals surface area contributed by atoms with Gasteiger partial charge in [-0.3, -0.25) is 4.79 Å². The fourth-order valence-electron chi connectivity index (χ4n) is 2.97. The normalized spacial score (nSPS) is 20.1.